The minimum atomic E-state index is -4.16. The molecular weight excluding hydrogens is 557 g/mol. The second kappa shape index (κ2) is 13.3. The van der Waals surface area contributed by atoms with Crippen LogP contribution >= 0.6 is 23.2 Å². The first-order valence-electron chi connectivity index (χ1n) is 12.6. The number of carbonyl (C=O) groups is 2. The van der Waals surface area contributed by atoms with Crippen molar-refractivity contribution in [2.45, 2.75) is 45.2 Å². The van der Waals surface area contributed by atoms with E-state index in [1.165, 1.54) is 23.1 Å². The molecule has 208 valence electrons. The van der Waals surface area contributed by atoms with Crippen LogP contribution in [-0.4, -0.2) is 44.3 Å². The van der Waals surface area contributed by atoms with E-state index in [1.54, 1.807) is 68.4 Å². The monoisotopic (exact) mass is 589 g/mol. The minimum Gasteiger partial charge on any atom is -0.354 e. The Morgan fingerprint density at radius 3 is 2.21 bits per heavy atom. The Labute approximate surface area is 240 Å². The molecule has 39 heavy (non-hydrogen) atoms. The smallest absolute Gasteiger partial charge is 0.264 e. The molecule has 0 bridgehead atoms. The molecule has 0 aromatic heterocycles. The van der Waals surface area contributed by atoms with Gasteiger partial charge in [0.2, 0.25) is 11.8 Å². The maximum atomic E-state index is 13.9. The number of amides is 2. The fourth-order valence-corrected chi connectivity index (χ4v) is 5.82. The summed E-state index contributed by atoms with van der Waals surface area (Å²) in [6.07, 6.45) is 0. The fourth-order valence-electron chi connectivity index (χ4n) is 3.95. The summed E-state index contributed by atoms with van der Waals surface area (Å²) >= 11 is 12.4. The Morgan fingerprint density at radius 1 is 0.897 bits per heavy atom. The number of anilines is 1. The molecule has 2 amide bonds. The van der Waals surface area contributed by atoms with Crippen molar-refractivity contribution in [3.8, 4) is 0 Å². The molecule has 0 saturated heterocycles. The normalized spacial score (nSPS) is 12.2. The molecular formula is C29H33Cl2N3O4S. The predicted octanol–water partition coefficient (Wildman–Crippen LogP) is 5.69. The standard InChI is InChI=1S/C29H33Cl2N3O4S/c1-20(2)17-32-29(36)22(4)33(18-23-9-8-10-24(30)15-23)28(35)19-34(27-16-25(31)14-13-21(27)3)39(37,38)26-11-6-5-7-12-26/h5-16,20,22H,17-19H2,1-4H3,(H,32,36)/t22-/m1/s1. The van der Waals surface area contributed by atoms with E-state index in [4.69, 9.17) is 23.2 Å². The fraction of sp³-hybridized carbons (Fsp3) is 0.310. The Hall–Kier alpha value is -3.07. The highest BCUT2D eigenvalue weighted by molar-refractivity contribution is 7.92. The van der Waals surface area contributed by atoms with Gasteiger partial charge < -0.3 is 10.2 Å². The van der Waals surface area contributed by atoms with Gasteiger partial charge >= 0.3 is 0 Å². The SMILES string of the molecule is Cc1ccc(Cl)cc1N(CC(=O)N(Cc1cccc(Cl)c1)[C@H](C)C(=O)NCC(C)C)S(=O)(=O)c1ccccc1. The van der Waals surface area contributed by atoms with Gasteiger partial charge in [-0.2, -0.15) is 0 Å². The molecule has 10 heteroatoms. The molecule has 0 aliphatic rings. The van der Waals surface area contributed by atoms with E-state index in [0.717, 1.165) is 4.31 Å². The van der Waals surface area contributed by atoms with Gasteiger partial charge in [-0.15, -0.1) is 0 Å². The molecule has 0 heterocycles. The number of rotatable bonds is 11. The van der Waals surface area contributed by atoms with Crippen molar-refractivity contribution in [2.24, 2.45) is 5.92 Å². The molecule has 0 aliphatic heterocycles. The molecule has 0 radical (unpaired) electrons. The van der Waals surface area contributed by atoms with E-state index < -0.39 is 28.5 Å². The van der Waals surface area contributed by atoms with E-state index in [-0.39, 0.29) is 29.0 Å². The largest absolute Gasteiger partial charge is 0.354 e. The Morgan fingerprint density at radius 2 is 1.56 bits per heavy atom. The highest BCUT2D eigenvalue weighted by Crippen LogP contribution is 2.30. The van der Waals surface area contributed by atoms with Crippen LogP contribution in [0.15, 0.2) is 77.7 Å². The highest BCUT2D eigenvalue weighted by Gasteiger charge is 2.33. The van der Waals surface area contributed by atoms with Crippen LogP contribution in [0.4, 0.5) is 5.69 Å². The van der Waals surface area contributed by atoms with Crippen molar-refractivity contribution < 1.29 is 18.0 Å². The summed E-state index contributed by atoms with van der Waals surface area (Å²) in [5.74, 6) is -0.674. The number of nitrogens with one attached hydrogen (secondary N) is 1. The second-order valence-corrected chi connectivity index (χ2v) is 12.5. The molecule has 0 unspecified atom stereocenters. The van der Waals surface area contributed by atoms with Gasteiger partial charge in [0.05, 0.1) is 10.6 Å². The van der Waals surface area contributed by atoms with E-state index >= 15 is 0 Å². The summed E-state index contributed by atoms with van der Waals surface area (Å²) < 4.78 is 28.8. The zero-order valence-corrected chi connectivity index (χ0v) is 24.7. The molecule has 0 saturated carbocycles. The lowest BCUT2D eigenvalue weighted by Gasteiger charge is -2.32. The van der Waals surface area contributed by atoms with Crippen LogP contribution in [0.5, 0.6) is 0 Å². The number of aryl methyl sites for hydroxylation is 1. The molecule has 3 aromatic rings. The molecule has 3 aromatic carbocycles. The Bertz CT molecular complexity index is 1420. The van der Waals surface area contributed by atoms with Crippen LogP contribution in [0.25, 0.3) is 0 Å². The Kier molecular flexibility index (Phi) is 10.4. The van der Waals surface area contributed by atoms with Crippen molar-refractivity contribution in [3.63, 3.8) is 0 Å². The minimum absolute atomic E-state index is 0.0290. The van der Waals surface area contributed by atoms with E-state index in [2.05, 4.69) is 5.32 Å². The summed E-state index contributed by atoms with van der Waals surface area (Å²) in [7, 11) is -4.16. The zero-order valence-electron chi connectivity index (χ0n) is 22.4. The molecule has 0 aliphatic carbocycles. The first-order valence-corrected chi connectivity index (χ1v) is 14.7. The average molecular weight is 591 g/mol. The average Bonchev–Trinajstić information content (AvgIpc) is 2.90. The maximum Gasteiger partial charge on any atom is 0.264 e. The number of hydrogen-bond acceptors (Lipinski definition) is 4. The number of carbonyl (C=O) groups excluding carboxylic acids is 2. The van der Waals surface area contributed by atoms with Gasteiger partial charge in [0.15, 0.2) is 0 Å². The van der Waals surface area contributed by atoms with Crippen molar-refractivity contribution in [1.82, 2.24) is 10.2 Å². The van der Waals surface area contributed by atoms with E-state index in [1.807, 2.05) is 13.8 Å². The molecule has 1 atom stereocenters. The number of hydrogen-bond donors (Lipinski definition) is 1. The summed E-state index contributed by atoms with van der Waals surface area (Å²) in [6, 6.07) is 18.8. The van der Waals surface area contributed by atoms with E-state index in [9.17, 15) is 18.0 Å². The van der Waals surface area contributed by atoms with Gasteiger partial charge in [0.1, 0.15) is 12.6 Å². The van der Waals surface area contributed by atoms with Crippen LogP contribution in [0.2, 0.25) is 10.0 Å². The number of halogens is 2. The number of nitrogens with zero attached hydrogens (tertiary/aromatic N) is 2. The van der Waals surface area contributed by atoms with Crippen LogP contribution in [0, 0.1) is 12.8 Å². The van der Waals surface area contributed by atoms with Crippen molar-refractivity contribution >= 4 is 50.7 Å². The van der Waals surface area contributed by atoms with Crippen LogP contribution < -0.4 is 9.62 Å². The highest BCUT2D eigenvalue weighted by atomic mass is 35.5. The second-order valence-electron chi connectivity index (χ2n) is 9.72. The molecule has 3 rings (SSSR count). The summed E-state index contributed by atoms with van der Waals surface area (Å²) in [5, 5.41) is 3.68. The van der Waals surface area contributed by atoms with Crippen molar-refractivity contribution in [3.05, 3.63) is 94.0 Å². The topological polar surface area (TPSA) is 86.8 Å². The lowest BCUT2D eigenvalue weighted by Crippen LogP contribution is -2.51. The first-order chi connectivity index (χ1) is 18.4. The third-order valence-electron chi connectivity index (χ3n) is 6.14. The lowest BCUT2D eigenvalue weighted by atomic mass is 10.1. The van der Waals surface area contributed by atoms with Gasteiger partial charge in [-0.1, -0.05) is 73.4 Å². The third kappa shape index (κ3) is 7.97. The molecule has 0 fully saturated rings. The van der Waals surface area contributed by atoms with Crippen LogP contribution in [0.3, 0.4) is 0 Å². The summed E-state index contributed by atoms with van der Waals surface area (Å²) in [4.78, 5) is 28.4. The number of benzene rings is 3. The van der Waals surface area contributed by atoms with Crippen LogP contribution in [0.1, 0.15) is 31.9 Å². The summed E-state index contributed by atoms with van der Waals surface area (Å²) in [6.45, 7) is 7.27. The zero-order chi connectivity index (χ0) is 28.7. The maximum absolute atomic E-state index is 13.9. The van der Waals surface area contributed by atoms with Gasteiger partial charge in [-0.25, -0.2) is 8.42 Å². The van der Waals surface area contributed by atoms with Gasteiger partial charge in [-0.05, 0) is 67.3 Å². The quantitative estimate of drug-likeness (QED) is 0.311. The van der Waals surface area contributed by atoms with Gasteiger partial charge in [0.25, 0.3) is 10.0 Å². The summed E-state index contributed by atoms with van der Waals surface area (Å²) in [5.41, 5.74) is 1.60. The van der Waals surface area contributed by atoms with E-state index in [0.29, 0.717) is 27.7 Å². The number of sulfonamides is 1. The van der Waals surface area contributed by atoms with Crippen molar-refractivity contribution in [1.29, 1.82) is 0 Å². The molecule has 1 N–H and O–H groups in total. The predicted molar refractivity (Wildman–Crippen MR) is 156 cm³/mol. The lowest BCUT2D eigenvalue weighted by molar-refractivity contribution is -0.139. The molecule has 7 nitrogen and oxygen atoms in total. The first kappa shape index (κ1) is 30.5. The van der Waals surface area contributed by atoms with Gasteiger partial charge in [-0.3, -0.25) is 13.9 Å². The van der Waals surface area contributed by atoms with Gasteiger partial charge in [0, 0.05) is 23.1 Å². The van der Waals surface area contributed by atoms with Crippen molar-refractivity contribution in [2.75, 3.05) is 17.4 Å². The third-order valence-corrected chi connectivity index (χ3v) is 8.39. The Balaban J connectivity index is 2.04. The van der Waals surface area contributed by atoms with Crippen LogP contribution in [-0.2, 0) is 26.2 Å². The molecule has 0 spiro atoms.